The molecule has 0 aliphatic carbocycles. The molecule has 0 saturated carbocycles. The standard InChI is InChI=1S/C9H20N2O/c1-7(2)9(12)10-11(5,6)8(3)4/h7-8H,1-6H3/p+1. The number of hydrogen-bond donors (Lipinski definition) is 1. The van der Waals surface area contributed by atoms with Gasteiger partial charge in [-0.05, 0) is 13.8 Å². The number of amides is 1. The minimum Gasteiger partial charge on any atom is -0.270 e. The van der Waals surface area contributed by atoms with Gasteiger partial charge in [0.05, 0.1) is 14.1 Å². The summed E-state index contributed by atoms with van der Waals surface area (Å²) in [5, 5.41) is 0. The highest BCUT2D eigenvalue weighted by Crippen LogP contribution is 2.02. The second-order valence-electron chi connectivity index (χ2n) is 4.26. The SMILES string of the molecule is CC(C)C(=O)N[N+](C)(C)C(C)C. The van der Waals surface area contributed by atoms with Crippen LogP contribution >= 0.6 is 0 Å². The Morgan fingerprint density at radius 3 is 1.83 bits per heavy atom. The van der Waals surface area contributed by atoms with E-state index in [-0.39, 0.29) is 11.8 Å². The summed E-state index contributed by atoms with van der Waals surface area (Å²) in [6.45, 7) is 7.96. The molecule has 0 rings (SSSR count). The summed E-state index contributed by atoms with van der Waals surface area (Å²) in [5.74, 6) is 0.162. The van der Waals surface area contributed by atoms with Crippen LogP contribution in [0, 0.1) is 5.92 Å². The van der Waals surface area contributed by atoms with Crippen molar-refractivity contribution in [3.63, 3.8) is 0 Å². The largest absolute Gasteiger partial charge is 0.270 e. The molecular formula is C9H21N2O+. The second-order valence-corrected chi connectivity index (χ2v) is 4.26. The van der Waals surface area contributed by atoms with Gasteiger partial charge < -0.3 is 0 Å². The van der Waals surface area contributed by atoms with Gasteiger partial charge in [0.25, 0.3) is 5.91 Å². The fraction of sp³-hybridized carbons (Fsp3) is 0.889. The smallest absolute Gasteiger partial charge is 0.267 e. The Morgan fingerprint density at radius 1 is 1.17 bits per heavy atom. The molecule has 0 bridgehead atoms. The number of quaternary nitrogens is 1. The van der Waals surface area contributed by atoms with Gasteiger partial charge in [0.2, 0.25) is 0 Å². The van der Waals surface area contributed by atoms with Crippen molar-refractivity contribution in [2.75, 3.05) is 14.1 Å². The molecule has 0 saturated heterocycles. The number of carbonyl (C=O) groups excluding carboxylic acids is 1. The maximum absolute atomic E-state index is 11.3. The molecule has 0 spiro atoms. The molecule has 0 aliphatic heterocycles. The zero-order valence-electron chi connectivity index (χ0n) is 9.01. The molecule has 72 valence electrons. The molecule has 0 atom stereocenters. The van der Waals surface area contributed by atoms with Gasteiger partial charge in [-0.3, -0.25) is 4.79 Å². The van der Waals surface area contributed by atoms with Crippen molar-refractivity contribution in [3.8, 4) is 0 Å². The average Bonchev–Trinajstić information content (AvgIpc) is 1.85. The summed E-state index contributed by atoms with van der Waals surface area (Å²) in [7, 11) is 3.98. The third kappa shape index (κ3) is 3.22. The third-order valence-electron chi connectivity index (χ3n) is 2.21. The fourth-order valence-corrected chi connectivity index (χ4v) is 0.542. The summed E-state index contributed by atoms with van der Waals surface area (Å²) in [5.41, 5.74) is 2.95. The number of carbonyl (C=O) groups is 1. The molecule has 3 nitrogen and oxygen atoms in total. The first-order valence-electron chi connectivity index (χ1n) is 4.43. The average molecular weight is 173 g/mol. The van der Waals surface area contributed by atoms with Gasteiger partial charge in [-0.25, -0.2) is 10.0 Å². The molecule has 1 amide bonds. The highest BCUT2D eigenvalue weighted by Gasteiger charge is 2.23. The van der Waals surface area contributed by atoms with Crippen LogP contribution in [0.25, 0.3) is 0 Å². The van der Waals surface area contributed by atoms with Gasteiger partial charge in [-0.15, -0.1) is 0 Å². The van der Waals surface area contributed by atoms with E-state index < -0.39 is 0 Å². The van der Waals surface area contributed by atoms with E-state index >= 15 is 0 Å². The van der Waals surface area contributed by atoms with E-state index in [0.717, 1.165) is 0 Å². The van der Waals surface area contributed by atoms with Crippen molar-refractivity contribution in [1.29, 1.82) is 0 Å². The van der Waals surface area contributed by atoms with Crippen LogP contribution in [-0.4, -0.2) is 30.6 Å². The molecule has 0 radical (unpaired) electrons. The Morgan fingerprint density at radius 2 is 1.58 bits per heavy atom. The maximum atomic E-state index is 11.3. The van der Waals surface area contributed by atoms with Crippen LogP contribution in [0.3, 0.4) is 0 Å². The second kappa shape index (κ2) is 3.90. The van der Waals surface area contributed by atoms with Crippen molar-refractivity contribution in [1.82, 2.24) is 5.43 Å². The van der Waals surface area contributed by atoms with E-state index in [0.29, 0.717) is 10.6 Å². The third-order valence-corrected chi connectivity index (χ3v) is 2.21. The van der Waals surface area contributed by atoms with Crippen LogP contribution in [0.15, 0.2) is 0 Å². The Bertz CT molecular complexity index is 162. The van der Waals surface area contributed by atoms with Crippen LogP contribution in [0.1, 0.15) is 27.7 Å². The number of rotatable bonds is 3. The minimum atomic E-state index is 0.0566. The lowest BCUT2D eigenvalue weighted by molar-refractivity contribution is -0.945. The van der Waals surface area contributed by atoms with Gasteiger partial charge in [-0.2, -0.15) is 0 Å². The van der Waals surface area contributed by atoms with E-state index in [1.54, 1.807) is 0 Å². The fourth-order valence-electron chi connectivity index (χ4n) is 0.542. The first-order chi connectivity index (χ1) is 5.27. The Kier molecular flexibility index (Phi) is 3.71. The summed E-state index contributed by atoms with van der Waals surface area (Å²) >= 11 is 0. The molecular weight excluding hydrogens is 152 g/mol. The lowest BCUT2D eigenvalue weighted by Crippen LogP contribution is -2.59. The highest BCUT2D eigenvalue weighted by atomic mass is 16.2. The zero-order chi connectivity index (χ0) is 9.94. The van der Waals surface area contributed by atoms with Crippen molar-refractivity contribution in [2.45, 2.75) is 33.7 Å². The number of nitrogens with zero attached hydrogens (tertiary/aromatic N) is 1. The first kappa shape index (κ1) is 11.4. The van der Waals surface area contributed by atoms with E-state index in [4.69, 9.17) is 0 Å². The van der Waals surface area contributed by atoms with Crippen LogP contribution in [0.4, 0.5) is 0 Å². The van der Waals surface area contributed by atoms with Gasteiger partial charge in [0, 0.05) is 5.92 Å². The Balaban J connectivity index is 4.15. The highest BCUT2D eigenvalue weighted by molar-refractivity contribution is 5.76. The lowest BCUT2D eigenvalue weighted by atomic mass is 10.2. The molecule has 0 aromatic rings. The van der Waals surface area contributed by atoms with Crippen molar-refractivity contribution >= 4 is 5.91 Å². The summed E-state index contributed by atoms with van der Waals surface area (Å²) < 4.78 is 0.539. The topological polar surface area (TPSA) is 29.1 Å². The van der Waals surface area contributed by atoms with Crippen LogP contribution in [0.5, 0.6) is 0 Å². The Labute approximate surface area is 75.3 Å². The predicted molar refractivity (Wildman–Crippen MR) is 50.2 cm³/mol. The molecule has 0 aliphatic rings. The first-order valence-corrected chi connectivity index (χ1v) is 4.43. The molecule has 0 heterocycles. The summed E-state index contributed by atoms with van der Waals surface area (Å²) in [6.07, 6.45) is 0. The normalized spacial score (nSPS) is 12.3. The van der Waals surface area contributed by atoms with Crippen molar-refractivity contribution in [3.05, 3.63) is 0 Å². The van der Waals surface area contributed by atoms with Gasteiger partial charge in [-0.1, -0.05) is 13.8 Å². The van der Waals surface area contributed by atoms with E-state index in [1.165, 1.54) is 0 Å². The lowest BCUT2D eigenvalue weighted by Gasteiger charge is -2.33. The number of nitrogens with one attached hydrogen (secondary N) is 1. The quantitative estimate of drug-likeness (QED) is 0.503. The van der Waals surface area contributed by atoms with E-state index in [2.05, 4.69) is 19.3 Å². The van der Waals surface area contributed by atoms with Crippen molar-refractivity contribution in [2.24, 2.45) is 5.92 Å². The monoisotopic (exact) mass is 173 g/mol. The van der Waals surface area contributed by atoms with Crippen molar-refractivity contribution < 1.29 is 9.39 Å². The van der Waals surface area contributed by atoms with E-state index in [9.17, 15) is 4.79 Å². The molecule has 0 unspecified atom stereocenters. The summed E-state index contributed by atoms with van der Waals surface area (Å²) in [6, 6.07) is 0.396. The minimum absolute atomic E-state index is 0.0566. The number of hydrogen-bond acceptors (Lipinski definition) is 1. The molecule has 1 N–H and O–H groups in total. The molecule has 3 heteroatoms. The molecule has 0 aromatic heterocycles. The maximum Gasteiger partial charge on any atom is 0.267 e. The van der Waals surface area contributed by atoms with Gasteiger partial charge in [0.1, 0.15) is 6.04 Å². The predicted octanol–water partition coefficient (Wildman–Crippen LogP) is 1.16. The molecule has 12 heavy (non-hydrogen) atoms. The Hall–Kier alpha value is -0.570. The van der Waals surface area contributed by atoms with E-state index in [1.807, 2.05) is 27.9 Å². The van der Waals surface area contributed by atoms with Gasteiger partial charge in [0.15, 0.2) is 0 Å². The van der Waals surface area contributed by atoms with Crippen LogP contribution in [0.2, 0.25) is 0 Å². The zero-order valence-corrected chi connectivity index (χ0v) is 9.01. The van der Waals surface area contributed by atoms with Crippen LogP contribution in [-0.2, 0) is 4.79 Å². The molecule has 0 aromatic carbocycles. The molecule has 0 fully saturated rings. The van der Waals surface area contributed by atoms with Gasteiger partial charge >= 0.3 is 0 Å². The summed E-state index contributed by atoms with van der Waals surface area (Å²) in [4.78, 5) is 11.3. The van der Waals surface area contributed by atoms with Crippen LogP contribution < -0.4 is 5.43 Å².